The summed E-state index contributed by atoms with van der Waals surface area (Å²) in [6.45, 7) is 3.56. The molecule has 1 aliphatic rings. The van der Waals surface area contributed by atoms with Crippen molar-refractivity contribution in [3.8, 4) is 0 Å². The molecule has 1 fully saturated rings. The molecule has 0 saturated heterocycles. The van der Waals surface area contributed by atoms with E-state index in [-0.39, 0.29) is 23.3 Å². The summed E-state index contributed by atoms with van der Waals surface area (Å²) in [6.07, 6.45) is 5.29. The average Bonchev–Trinajstić information content (AvgIpc) is 3.00. The molecule has 1 saturated carbocycles. The molecule has 1 aromatic carbocycles. The van der Waals surface area contributed by atoms with Gasteiger partial charge in [-0.3, -0.25) is 4.79 Å². The van der Waals surface area contributed by atoms with Gasteiger partial charge in [0.25, 0.3) is 0 Å². The fourth-order valence-electron chi connectivity index (χ4n) is 3.64. The van der Waals surface area contributed by atoms with E-state index in [0.29, 0.717) is 17.1 Å². The van der Waals surface area contributed by atoms with Gasteiger partial charge in [0.1, 0.15) is 5.76 Å². The van der Waals surface area contributed by atoms with E-state index in [1.54, 1.807) is 45.2 Å². The van der Waals surface area contributed by atoms with Gasteiger partial charge in [-0.25, -0.2) is 8.42 Å². The van der Waals surface area contributed by atoms with Gasteiger partial charge in [-0.15, -0.1) is 0 Å². The van der Waals surface area contributed by atoms with Crippen LogP contribution in [0.25, 0.3) is 0 Å². The lowest BCUT2D eigenvalue weighted by atomic mass is 9.96. The number of aryl methyl sites for hydroxylation is 2. The van der Waals surface area contributed by atoms with Gasteiger partial charge >= 0.3 is 0 Å². The SMILES string of the molecule is Cc1noc(C)c1CC(=O)Nc1ccc(S(=O)(=O)N(C)C2CCCCC2)cc1. The number of nitrogens with one attached hydrogen (secondary N) is 1. The van der Waals surface area contributed by atoms with Crippen molar-refractivity contribution in [1.82, 2.24) is 9.46 Å². The maximum absolute atomic E-state index is 12.9. The Hall–Kier alpha value is -2.19. The van der Waals surface area contributed by atoms with E-state index in [1.807, 2.05) is 0 Å². The molecule has 152 valence electrons. The number of nitrogens with zero attached hydrogens (tertiary/aromatic N) is 2. The highest BCUT2D eigenvalue weighted by molar-refractivity contribution is 7.89. The van der Waals surface area contributed by atoms with E-state index >= 15 is 0 Å². The van der Waals surface area contributed by atoms with Gasteiger partial charge in [-0.05, 0) is 51.0 Å². The van der Waals surface area contributed by atoms with Crippen LogP contribution in [0.1, 0.15) is 49.1 Å². The van der Waals surface area contributed by atoms with Crippen LogP contribution in [0, 0.1) is 13.8 Å². The number of sulfonamides is 1. The van der Waals surface area contributed by atoms with Crippen molar-refractivity contribution < 1.29 is 17.7 Å². The largest absolute Gasteiger partial charge is 0.361 e. The minimum absolute atomic E-state index is 0.0631. The van der Waals surface area contributed by atoms with E-state index in [2.05, 4.69) is 10.5 Å². The molecule has 0 bridgehead atoms. The second-order valence-corrected chi connectivity index (χ2v) is 9.36. The van der Waals surface area contributed by atoms with E-state index < -0.39 is 10.0 Å². The number of hydrogen-bond donors (Lipinski definition) is 1. The highest BCUT2D eigenvalue weighted by atomic mass is 32.2. The number of benzene rings is 1. The Kier molecular flexibility index (Phi) is 6.20. The minimum Gasteiger partial charge on any atom is -0.361 e. The third kappa shape index (κ3) is 4.44. The lowest BCUT2D eigenvalue weighted by molar-refractivity contribution is -0.115. The van der Waals surface area contributed by atoms with E-state index in [0.717, 1.165) is 31.2 Å². The van der Waals surface area contributed by atoms with Crippen LogP contribution in [0.5, 0.6) is 0 Å². The zero-order valence-corrected chi connectivity index (χ0v) is 17.4. The molecule has 0 radical (unpaired) electrons. The molecule has 0 spiro atoms. The molecule has 8 heteroatoms. The van der Waals surface area contributed by atoms with Crippen molar-refractivity contribution in [2.75, 3.05) is 12.4 Å². The van der Waals surface area contributed by atoms with E-state index in [4.69, 9.17) is 4.52 Å². The third-order valence-electron chi connectivity index (χ3n) is 5.42. The zero-order chi connectivity index (χ0) is 20.3. The number of carbonyl (C=O) groups is 1. The topological polar surface area (TPSA) is 92.5 Å². The van der Waals surface area contributed by atoms with Crippen LogP contribution >= 0.6 is 0 Å². The van der Waals surface area contributed by atoms with Crippen LogP contribution in [0.2, 0.25) is 0 Å². The summed E-state index contributed by atoms with van der Waals surface area (Å²) in [7, 11) is -1.88. The summed E-state index contributed by atoms with van der Waals surface area (Å²) in [5, 5.41) is 6.63. The summed E-state index contributed by atoms with van der Waals surface area (Å²) in [6, 6.07) is 6.38. The Morgan fingerprint density at radius 1 is 1.18 bits per heavy atom. The fourth-order valence-corrected chi connectivity index (χ4v) is 5.05. The molecule has 1 aromatic heterocycles. The van der Waals surface area contributed by atoms with Crippen molar-refractivity contribution in [2.24, 2.45) is 0 Å². The van der Waals surface area contributed by atoms with Gasteiger partial charge in [-0.2, -0.15) is 4.31 Å². The Bertz CT molecular complexity index is 909. The number of hydrogen-bond acceptors (Lipinski definition) is 5. The molecule has 2 aromatic rings. The quantitative estimate of drug-likeness (QED) is 0.795. The Morgan fingerprint density at radius 3 is 2.39 bits per heavy atom. The van der Waals surface area contributed by atoms with Gasteiger partial charge < -0.3 is 9.84 Å². The molecule has 1 aliphatic carbocycles. The van der Waals surface area contributed by atoms with Gasteiger partial charge in [0, 0.05) is 24.3 Å². The number of carbonyl (C=O) groups excluding carboxylic acids is 1. The molecule has 1 amide bonds. The van der Waals surface area contributed by atoms with Crippen LogP contribution in [-0.4, -0.2) is 36.9 Å². The first-order valence-electron chi connectivity index (χ1n) is 9.58. The molecule has 7 nitrogen and oxygen atoms in total. The van der Waals surface area contributed by atoms with Crippen molar-refractivity contribution >= 4 is 21.6 Å². The molecule has 3 rings (SSSR count). The summed E-state index contributed by atoms with van der Waals surface area (Å²) in [5.74, 6) is 0.421. The van der Waals surface area contributed by atoms with Crippen LogP contribution in [0.4, 0.5) is 5.69 Å². The highest BCUT2D eigenvalue weighted by Gasteiger charge is 2.29. The fraction of sp³-hybridized carbons (Fsp3) is 0.500. The summed E-state index contributed by atoms with van der Waals surface area (Å²) in [4.78, 5) is 12.5. The Morgan fingerprint density at radius 2 is 1.82 bits per heavy atom. The molecular weight excluding hydrogens is 378 g/mol. The number of aromatic nitrogens is 1. The zero-order valence-electron chi connectivity index (χ0n) is 16.6. The predicted octanol–water partition coefficient (Wildman–Crippen LogP) is 3.43. The van der Waals surface area contributed by atoms with Crippen LogP contribution in [0.3, 0.4) is 0 Å². The average molecular weight is 406 g/mol. The first-order chi connectivity index (χ1) is 13.3. The van der Waals surface area contributed by atoms with Crippen molar-refractivity contribution in [3.05, 3.63) is 41.3 Å². The van der Waals surface area contributed by atoms with Crippen molar-refractivity contribution in [3.63, 3.8) is 0 Å². The van der Waals surface area contributed by atoms with Gasteiger partial charge in [0.2, 0.25) is 15.9 Å². The van der Waals surface area contributed by atoms with Gasteiger partial charge in [0.05, 0.1) is 17.0 Å². The maximum atomic E-state index is 12.9. The molecule has 0 aliphatic heterocycles. The van der Waals surface area contributed by atoms with Gasteiger partial charge in [-0.1, -0.05) is 24.4 Å². The standard InChI is InChI=1S/C20H27N3O4S/c1-14-19(15(2)27-22-14)13-20(24)21-16-9-11-18(12-10-16)28(25,26)23(3)17-7-5-4-6-8-17/h9-12,17H,4-8,13H2,1-3H3,(H,21,24). The highest BCUT2D eigenvalue weighted by Crippen LogP contribution is 2.27. The predicted molar refractivity (Wildman–Crippen MR) is 107 cm³/mol. The number of anilines is 1. The summed E-state index contributed by atoms with van der Waals surface area (Å²) in [5.41, 5.74) is 2.02. The summed E-state index contributed by atoms with van der Waals surface area (Å²) < 4.78 is 32.3. The molecule has 0 atom stereocenters. The number of rotatable bonds is 6. The van der Waals surface area contributed by atoms with Crippen LogP contribution in [0.15, 0.2) is 33.7 Å². The maximum Gasteiger partial charge on any atom is 0.243 e. The third-order valence-corrected chi connectivity index (χ3v) is 7.35. The van der Waals surface area contributed by atoms with Gasteiger partial charge in [0.15, 0.2) is 0 Å². The Labute approximate surface area is 166 Å². The Balaban J connectivity index is 1.66. The molecule has 1 heterocycles. The molecular formula is C20H27N3O4S. The normalized spacial score (nSPS) is 15.7. The van der Waals surface area contributed by atoms with Crippen molar-refractivity contribution in [2.45, 2.75) is 63.3 Å². The van der Waals surface area contributed by atoms with Crippen molar-refractivity contribution in [1.29, 1.82) is 0 Å². The minimum atomic E-state index is -3.54. The number of amides is 1. The van der Waals surface area contributed by atoms with Crippen LogP contribution in [-0.2, 0) is 21.2 Å². The lowest BCUT2D eigenvalue weighted by Crippen LogP contribution is -2.38. The molecule has 1 N–H and O–H groups in total. The summed E-state index contributed by atoms with van der Waals surface area (Å²) >= 11 is 0. The smallest absolute Gasteiger partial charge is 0.243 e. The van der Waals surface area contributed by atoms with Crippen LogP contribution < -0.4 is 5.32 Å². The van der Waals surface area contributed by atoms with E-state index in [1.165, 1.54) is 10.7 Å². The van der Waals surface area contributed by atoms with E-state index in [9.17, 15) is 13.2 Å². The second kappa shape index (κ2) is 8.45. The second-order valence-electron chi connectivity index (χ2n) is 7.37. The molecule has 28 heavy (non-hydrogen) atoms. The first kappa shape index (κ1) is 20.5. The lowest BCUT2D eigenvalue weighted by Gasteiger charge is -2.30. The molecule has 0 unspecified atom stereocenters. The first-order valence-corrected chi connectivity index (χ1v) is 11.0. The monoisotopic (exact) mass is 405 g/mol.